The minimum absolute atomic E-state index is 0.0658. The lowest BCUT2D eigenvalue weighted by Gasteiger charge is -2.16. The van der Waals surface area contributed by atoms with Gasteiger partial charge in [0.25, 0.3) is 0 Å². The fraction of sp³-hybridized carbons (Fsp3) is 0.417. The number of anilines is 1. The van der Waals surface area contributed by atoms with Crippen molar-refractivity contribution in [2.45, 2.75) is 31.8 Å². The summed E-state index contributed by atoms with van der Waals surface area (Å²) in [5, 5.41) is 9.31. The van der Waals surface area contributed by atoms with Gasteiger partial charge >= 0.3 is 5.97 Å². The van der Waals surface area contributed by atoms with Crippen LogP contribution >= 0.6 is 11.6 Å². The molecule has 0 atom stereocenters. The SMILES string of the molecule is Nc1cc(OC2CCCC2)c(C(=O)O)cc1Cl. The van der Waals surface area contributed by atoms with E-state index in [1.54, 1.807) is 0 Å². The molecule has 0 unspecified atom stereocenters. The number of nitrogens with two attached hydrogens (primary N) is 1. The summed E-state index contributed by atoms with van der Waals surface area (Å²) in [7, 11) is 0. The lowest BCUT2D eigenvalue weighted by molar-refractivity contribution is 0.0689. The summed E-state index contributed by atoms with van der Waals surface area (Å²) in [5.74, 6) is -0.744. The average molecular weight is 256 g/mol. The summed E-state index contributed by atoms with van der Waals surface area (Å²) in [6.45, 7) is 0. The van der Waals surface area contributed by atoms with Gasteiger partial charge in [0.15, 0.2) is 0 Å². The Morgan fingerprint density at radius 1 is 1.41 bits per heavy atom. The zero-order chi connectivity index (χ0) is 12.4. The van der Waals surface area contributed by atoms with Gasteiger partial charge in [-0.3, -0.25) is 0 Å². The number of hydrogen-bond donors (Lipinski definition) is 2. The van der Waals surface area contributed by atoms with Crippen LogP contribution in [0, 0.1) is 0 Å². The van der Waals surface area contributed by atoms with Crippen LogP contribution in [0.4, 0.5) is 5.69 Å². The summed E-state index contributed by atoms with van der Waals surface area (Å²) in [4.78, 5) is 11.1. The number of carboxylic acid groups (broad SMARTS) is 1. The van der Waals surface area contributed by atoms with Gasteiger partial charge in [0, 0.05) is 6.07 Å². The van der Waals surface area contributed by atoms with Crippen molar-refractivity contribution in [3.8, 4) is 5.75 Å². The molecule has 2 rings (SSSR count). The van der Waals surface area contributed by atoms with Gasteiger partial charge in [-0.2, -0.15) is 0 Å². The molecule has 0 saturated heterocycles. The highest BCUT2D eigenvalue weighted by atomic mass is 35.5. The second-order valence-corrected chi connectivity index (χ2v) is 4.61. The smallest absolute Gasteiger partial charge is 0.339 e. The van der Waals surface area contributed by atoms with E-state index in [0.29, 0.717) is 11.4 Å². The van der Waals surface area contributed by atoms with Gasteiger partial charge in [0.1, 0.15) is 11.3 Å². The van der Waals surface area contributed by atoms with Gasteiger partial charge in [-0.05, 0) is 31.7 Å². The molecule has 0 bridgehead atoms. The van der Waals surface area contributed by atoms with E-state index in [1.165, 1.54) is 12.1 Å². The second-order valence-electron chi connectivity index (χ2n) is 4.20. The van der Waals surface area contributed by atoms with Crippen molar-refractivity contribution in [2.75, 3.05) is 5.73 Å². The molecule has 1 saturated carbocycles. The number of rotatable bonds is 3. The number of carbonyl (C=O) groups is 1. The number of halogens is 1. The summed E-state index contributed by atoms with van der Waals surface area (Å²) >= 11 is 5.80. The Balaban J connectivity index is 2.29. The molecule has 5 heteroatoms. The number of nitrogen functional groups attached to an aromatic ring is 1. The van der Waals surface area contributed by atoms with Gasteiger partial charge in [-0.25, -0.2) is 4.79 Å². The minimum Gasteiger partial charge on any atom is -0.489 e. The van der Waals surface area contributed by atoms with Gasteiger partial charge in [0.05, 0.1) is 16.8 Å². The van der Waals surface area contributed by atoms with E-state index in [2.05, 4.69) is 0 Å². The molecule has 1 aromatic carbocycles. The van der Waals surface area contributed by atoms with E-state index in [9.17, 15) is 4.79 Å². The highest BCUT2D eigenvalue weighted by Gasteiger charge is 2.21. The topological polar surface area (TPSA) is 72.5 Å². The molecule has 0 amide bonds. The van der Waals surface area contributed by atoms with Crippen LogP contribution in [-0.4, -0.2) is 17.2 Å². The van der Waals surface area contributed by atoms with Crippen molar-refractivity contribution in [2.24, 2.45) is 0 Å². The number of ether oxygens (including phenoxy) is 1. The standard InChI is InChI=1S/C12H14ClNO3/c13-9-5-8(12(15)16)11(6-10(9)14)17-7-3-1-2-4-7/h5-7H,1-4,14H2,(H,15,16). The van der Waals surface area contributed by atoms with Crippen LogP contribution in [0.3, 0.4) is 0 Å². The molecule has 1 aromatic rings. The fourth-order valence-corrected chi connectivity index (χ4v) is 2.18. The third kappa shape index (κ3) is 2.64. The van der Waals surface area contributed by atoms with Crippen LogP contribution in [0.2, 0.25) is 5.02 Å². The van der Waals surface area contributed by atoms with Crippen molar-refractivity contribution in [3.05, 3.63) is 22.7 Å². The summed E-state index contributed by atoms with van der Waals surface area (Å²) in [6.07, 6.45) is 4.25. The molecule has 4 nitrogen and oxygen atoms in total. The molecular weight excluding hydrogens is 242 g/mol. The van der Waals surface area contributed by atoms with Crippen LogP contribution in [0.5, 0.6) is 5.75 Å². The van der Waals surface area contributed by atoms with Crippen molar-refractivity contribution in [1.82, 2.24) is 0 Å². The zero-order valence-electron chi connectivity index (χ0n) is 9.28. The van der Waals surface area contributed by atoms with Crippen LogP contribution in [0.25, 0.3) is 0 Å². The largest absolute Gasteiger partial charge is 0.489 e. The van der Waals surface area contributed by atoms with Gasteiger partial charge < -0.3 is 15.6 Å². The Morgan fingerprint density at radius 3 is 2.65 bits per heavy atom. The summed E-state index contributed by atoms with van der Waals surface area (Å²) < 4.78 is 5.68. The van der Waals surface area contributed by atoms with E-state index in [0.717, 1.165) is 25.7 Å². The molecule has 0 heterocycles. The lowest BCUT2D eigenvalue weighted by Crippen LogP contribution is -2.14. The first-order chi connectivity index (χ1) is 8.08. The zero-order valence-corrected chi connectivity index (χ0v) is 10.0. The van der Waals surface area contributed by atoms with Crippen LogP contribution in [0.15, 0.2) is 12.1 Å². The highest BCUT2D eigenvalue weighted by Crippen LogP contribution is 2.32. The number of hydrogen-bond acceptors (Lipinski definition) is 3. The lowest BCUT2D eigenvalue weighted by atomic mass is 10.1. The molecule has 92 valence electrons. The van der Waals surface area contributed by atoms with Gasteiger partial charge in [-0.1, -0.05) is 11.6 Å². The fourth-order valence-electron chi connectivity index (χ4n) is 2.02. The molecule has 1 aliphatic rings. The quantitative estimate of drug-likeness (QED) is 0.815. The predicted octanol–water partition coefficient (Wildman–Crippen LogP) is 2.94. The van der Waals surface area contributed by atoms with Crippen LogP contribution in [-0.2, 0) is 0 Å². The summed E-state index contributed by atoms with van der Waals surface area (Å²) in [6, 6.07) is 2.83. The Labute approximate surface area is 104 Å². The van der Waals surface area contributed by atoms with Crippen LogP contribution < -0.4 is 10.5 Å². The maximum absolute atomic E-state index is 11.1. The van der Waals surface area contributed by atoms with Gasteiger partial charge in [0.2, 0.25) is 0 Å². The van der Waals surface area contributed by atoms with Crippen molar-refractivity contribution >= 4 is 23.3 Å². The first kappa shape index (κ1) is 12.0. The van der Waals surface area contributed by atoms with Gasteiger partial charge in [-0.15, -0.1) is 0 Å². The number of aromatic carboxylic acids is 1. The molecule has 3 N–H and O–H groups in total. The molecule has 0 spiro atoms. The van der Waals surface area contributed by atoms with E-state index < -0.39 is 5.97 Å². The minimum atomic E-state index is -1.06. The normalized spacial score (nSPS) is 16.1. The Hall–Kier alpha value is -1.42. The van der Waals surface area contributed by atoms with Crippen molar-refractivity contribution in [3.63, 3.8) is 0 Å². The van der Waals surface area contributed by atoms with E-state index in [1.807, 2.05) is 0 Å². The molecule has 0 radical (unpaired) electrons. The van der Waals surface area contributed by atoms with E-state index >= 15 is 0 Å². The first-order valence-electron chi connectivity index (χ1n) is 5.57. The Morgan fingerprint density at radius 2 is 2.06 bits per heavy atom. The molecule has 0 aromatic heterocycles. The Kier molecular flexibility index (Phi) is 3.43. The number of benzene rings is 1. The highest BCUT2D eigenvalue weighted by molar-refractivity contribution is 6.33. The third-order valence-corrected chi connectivity index (χ3v) is 3.25. The number of carboxylic acids is 1. The molecular formula is C12H14ClNO3. The van der Waals surface area contributed by atoms with Crippen molar-refractivity contribution < 1.29 is 14.6 Å². The Bertz CT molecular complexity index is 442. The predicted molar refractivity (Wildman–Crippen MR) is 65.7 cm³/mol. The molecule has 1 aliphatic carbocycles. The average Bonchev–Trinajstić information content (AvgIpc) is 2.75. The molecule has 0 aliphatic heterocycles. The molecule has 1 fully saturated rings. The maximum Gasteiger partial charge on any atom is 0.339 e. The van der Waals surface area contributed by atoms with E-state index in [-0.39, 0.29) is 16.7 Å². The first-order valence-corrected chi connectivity index (χ1v) is 5.94. The van der Waals surface area contributed by atoms with Crippen LogP contribution in [0.1, 0.15) is 36.0 Å². The maximum atomic E-state index is 11.1. The third-order valence-electron chi connectivity index (χ3n) is 2.93. The second kappa shape index (κ2) is 4.84. The summed E-state index contributed by atoms with van der Waals surface area (Å²) in [5.41, 5.74) is 6.06. The van der Waals surface area contributed by atoms with E-state index in [4.69, 9.17) is 27.2 Å². The molecule has 17 heavy (non-hydrogen) atoms. The monoisotopic (exact) mass is 255 g/mol. The van der Waals surface area contributed by atoms with Crippen molar-refractivity contribution in [1.29, 1.82) is 0 Å².